The zero-order valence-electron chi connectivity index (χ0n) is 12.1. The second-order valence-electron chi connectivity index (χ2n) is 5.70. The lowest BCUT2D eigenvalue weighted by molar-refractivity contribution is 0.1000. The van der Waals surface area contributed by atoms with E-state index < -0.39 is 0 Å². The largest absolute Gasteiger partial charge is 0.366 e. The van der Waals surface area contributed by atoms with Crippen LogP contribution >= 0.6 is 0 Å². The van der Waals surface area contributed by atoms with Crippen molar-refractivity contribution in [2.45, 2.75) is 25.7 Å². The van der Waals surface area contributed by atoms with Crippen LogP contribution in [0.2, 0.25) is 0 Å². The van der Waals surface area contributed by atoms with Crippen molar-refractivity contribution < 1.29 is 4.79 Å². The quantitative estimate of drug-likeness (QED) is 0.824. The number of amides is 1. The lowest BCUT2D eigenvalue weighted by Gasteiger charge is -2.32. The van der Waals surface area contributed by atoms with Crippen LogP contribution in [0.1, 0.15) is 35.2 Å². The molecule has 4 N–H and O–H groups in total. The number of carbonyl (C=O) groups excluding carboxylic acids is 1. The van der Waals surface area contributed by atoms with Gasteiger partial charge in [-0.25, -0.2) is 0 Å². The van der Waals surface area contributed by atoms with E-state index in [0.29, 0.717) is 11.5 Å². The molecule has 1 heterocycles. The number of primary amides is 1. The Labute approximate surface area is 121 Å². The first kappa shape index (κ1) is 15.0. The molecule has 1 aromatic carbocycles. The first-order valence-electron chi connectivity index (χ1n) is 7.50. The Balaban J connectivity index is 1.83. The Bertz CT molecular complexity index is 439. The Morgan fingerprint density at radius 2 is 2.05 bits per heavy atom. The first-order chi connectivity index (χ1) is 9.69. The predicted octanol–water partition coefficient (Wildman–Crippen LogP) is 1.39. The molecule has 0 atom stereocenters. The van der Waals surface area contributed by atoms with Crippen LogP contribution in [-0.4, -0.2) is 37.0 Å². The summed E-state index contributed by atoms with van der Waals surface area (Å²) >= 11 is 0. The van der Waals surface area contributed by atoms with Crippen molar-refractivity contribution in [2.75, 3.05) is 26.2 Å². The zero-order valence-corrected chi connectivity index (χ0v) is 12.1. The van der Waals surface area contributed by atoms with Crippen molar-refractivity contribution in [1.82, 2.24) is 4.90 Å². The summed E-state index contributed by atoms with van der Waals surface area (Å²) in [7, 11) is 0. The molecule has 2 rings (SSSR count). The van der Waals surface area contributed by atoms with Crippen LogP contribution < -0.4 is 11.5 Å². The number of likely N-dealkylation sites (tertiary alicyclic amines) is 1. The van der Waals surface area contributed by atoms with Gasteiger partial charge in [-0.2, -0.15) is 0 Å². The van der Waals surface area contributed by atoms with Gasteiger partial charge in [0.15, 0.2) is 0 Å². The van der Waals surface area contributed by atoms with Gasteiger partial charge in [-0.3, -0.25) is 4.79 Å². The van der Waals surface area contributed by atoms with Gasteiger partial charge in [-0.05, 0) is 75.5 Å². The molecule has 1 aliphatic heterocycles. The van der Waals surface area contributed by atoms with Crippen LogP contribution in [0.5, 0.6) is 0 Å². The van der Waals surface area contributed by atoms with Crippen LogP contribution in [0.4, 0.5) is 0 Å². The van der Waals surface area contributed by atoms with Gasteiger partial charge in [-0.1, -0.05) is 12.1 Å². The fourth-order valence-corrected chi connectivity index (χ4v) is 2.91. The molecule has 4 heteroatoms. The van der Waals surface area contributed by atoms with Gasteiger partial charge in [0.25, 0.3) is 0 Å². The van der Waals surface area contributed by atoms with Crippen LogP contribution in [0, 0.1) is 5.92 Å². The number of piperidine rings is 1. The van der Waals surface area contributed by atoms with E-state index in [1.54, 1.807) is 6.07 Å². The number of carbonyl (C=O) groups is 1. The average Bonchev–Trinajstić information content (AvgIpc) is 2.47. The molecule has 0 unspecified atom stereocenters. The molecule has 0 aromatic heterocycles. The molecule has 20 heavy (non-hydrogen) atoms. The maximum Gasteiger partial charge on any atom is 0.248 e. The van der Waals surface area contributed by atoms with E-state index in [4.69, 9.17) is 11.5 Å². The van der Waals surface area contributed by atoms with Crippen LogP contribution in [0.3, 0.4) is 0 Å². The molecule has 110 valence electrons. The summed E-state index contributed by atoms with van der Waals surface area (Å²) in [5.41, 5.74) is 12.7. The highest BCUT2D eigenvalue weighted by molar-refractivity contribution is 5.92. The van der Waals surface area contributed by atoms with Gasteiger partial charge in [0.2, 0.25) is 5.91 Å². The summed E-state index contributed by atoms with van der Waals surface area (Å²) in [6, 6.07) is 7.73. The van der Waals surface area contributed by atoms with E-state index in [1.165, 1.54) is 31.5 Å². The normalized spacial score (nSPS) is 17.2. The summed E-state index contributed by atoms with van der Waals surface area (Å²) in [6.45, 7) is 4.24. The zero-order chi connectivity index (χ0) is 14.4. The molecular formula is C16H25N3O. The molecule has 1 aromatic rings. The Morgan fingerprint density at radius 3 is 2.70 bits per heavy atom. The second-order valence-corrected chi connectivity index (χ2v) is 5.70. The van der Waals surface area contributed by atoms with E-state index >= 15 is 0 Å². The summed E-state index contributed by atoms with van der Waals surface area (Å²) in [6.07, 6.45) is 4.59. The van der Waals surface area contributed by atoms with Gasteiger partial charge in [-0.15, -0.1) is 0 Å². The predicted molar refractivity (Wildman–Crippen MR) is 81.5 cm³/mol. The number of nitrogens with zero attached hydrogens (tertiary/aromatic N) is 1. The molecule has 0 spiro atoms. The maximum absolute atomic E-state index is 11.2. The van der Waals surface area contributed by atoms with E-state index in [2.05, 4.69) is 11.0 Å². The van der Waals surface area contributed by atoms with Gasteiger partial charge in [0, 0.05) is 5.56 Å². The minimum absolute atomic E-state index is 0.344. The maximum atomic E-state index is 11.2. The molecular weight excluding hydrogens is 250 g/mol. The van der Waals surface area contributed by atoms with E-state index in [0.717, 1.165) is 25.9 Å². The fraction of sp³-hybridized carbons (Fsp3) is 0.562. The lowest BCUT2D eigenvalue weighted by Crippen LogP contribution is -2.35. The van der Waals surface area contributed by atoms with Gasteiger partial charge in [0.05, 0.1) is 0 Å². The van der Waals surface area contributed by atoms with E-state index in [-0.39, 0.29) is 5.91 Å². The number of rotatable bonds is 6. The summed E-state index contributed by atoms with van der Waals surface area (Å²) in [5, 5.41) is 0. The number of benzene rings is 1. The van der Waals surface area contributed by atoms with Crippen molar-refractivity contribution in [2.24, 2.45) is 17.4 Å². The van der Waals surface area contributed by atoms with Crippen LogP contribution in [0.15, 0.2) is 24.3 Å². The van der Waals surface area contributed by atoms with Gasteiger partial charge < -0.3 is 16.4 Å². The van der Waals surface area contributed by atoms with Crippen molar-refractivity contribution in [3.63, 3.8) is 0 Å². The van der Waals surface area contributed by atoms with E-state index in [9.17, 15) is 4.79 Å². The molecule has 1 amide bonds. The SMILES string of the molecule is NCCCN1CCC(Cc2cccc(C(N)=O)c2)CC1. The van der Waals surface area contributed by atoms with Crippen molar-refractivity contribution in [3.8, 4) is 0 Å². The first-order valence-corrected chi connectivity index (χ1v) is 7.50. The fourth-order valence-electron chi connectivity index (χ4n) is 2.91. The molecule has 0 radical (unpaired) electrons. The van der Waals surface area contributed by atoms with Crippen molar-refractivity contribution in [1.29, 1.82) is 0 Å². The molecule has 0 aliphatic carbocycles. The molecule has 1 aliphatic rings. The molecule has 0 saturated carbocycles. The summed E-state index contributed by atoms with van der Waals surface area (Å²) < 4.78 is 0. The average molecular weight is 275 g/mol. The minimum atomic E-state index is -0.344. The van der Waals surface area contributed by atoms with E-state index in [1.807, 2.05) is 12.1 Å². The Morgan fingerprint density at radius 1 is 1.30 bits per heavy atom. The Kier molecular flexibility index (Phi) is 5.56. The second kappa shape index (κ2) is 7.41. The highest BCUT2D eigenvalue weighted by Crippen LogP contribution is 2.22. The highest BCUT2D eigenvalue weighted by Gasteiger charge is 2.19. The molecule has 4 nitrogen and oxygen atoms in total. The summed E-state index contributed by atoms with van der Waals surface area (Å²) in [5.74, 6) is 0.371. The van der Waals surface area contributed by atoms with Crippen LogP contribution in [-0.2, 0) is 6.42 Å². The number of hydrogen-bond acceptors (Lipinski definition) is 3. The van der Waals surface area contributed by atoms with Gasteiger partial charge in [0.1, 0.15) is 0 Å². The standard InChI is InChI=1S/C16H25N3O/c17-7-2-8-19-9-5-13(6-10-19)11-14-3-1-4-15(12-14)16(18)20/h1,3-4,12-13H,2,5-11,17H2,(H2,18,20). The summed E-state index contributed by atoms with van der Waals surface area (Å²) in [4.78, 5) is 13.7. The lowest BCUT2D eigenvalue weighted by atomic mass is 9.89. The smallest absolute Gasteiger partial charge is 0.248 e. The third kappa shape index (κ3) is 4.32. The minimum Gasteiger partial charge on any atom is -0.366 e. The molecule has 1 saturated heterocycles. The third-order valence-electron chi connectivity index (χ3n) is 4.12. The van der Waals surface area contributed by atoms with Crippen LogP contribution in [0.25, 0.3) is 0 Å². The monoisotopic (exact) mass is 275 g/mol. The number of nitrogens with two attached hydrogens (primary N) is 2. The third-order valence-corrected chi connectivity index (χ3v) is 4.12. The topological polar surface area (TPSA) is 72.3 Å². The number of hydrogen-bond donors (Lipinski definition) is 2. The van der Waals surface area contributed by atoms with Crippen molar-refractivity contribution >= 4 is 5.91 Å². The Hall–Kier alpha value is -1.39. The van der Waals surface area contributed by atoms with Crippen molar-refractivity contribution in [3.05, 3.63) is 35.4 Å². The molecule has 1 fully saturated rings. The highest BCUT2D eigenvalue weighted by atomic mass is 16.1. The molecule has 0 bridgehead atoms. The van der Waals surface area contributed by atoms with Gasteiger partial charge >= 0.3 is 0 Å².